The van der Waals surface area contributed by atoms with Crippen LogP contribution in [0.1, 0.15) is 46.0 Å². The second-order valence-electron chi connectivity index (χ2n) is 6.97. The number of ether oxygens (including phenoxy) is 3. The van der Waals surface area contributed by atoms with Crippen LogP contribution in [0.2, 0.25) is 0 Å². The number of aromatic nitrogens is 1. The normalized spacial score (nSPS) is 10.6. The van der Waals surface area contributed by atoms with Crippen molar-refractivity contribution in [2.24, 2.45) is 5.10 Å². The van der Waals surface area contributed by atoms with Gasteiger partial charge in [-0.25, -0.2) is 10.2 Å². The van der Waals surface area contributed by atoms with Crippen LogP contribution in [0.4, 0.5) is 0 Å². The topological polar surface area (TPSA) is 99.1 Å². The average Bonchev–Trinajstić information content (AvgIpc) is 2.85. The van der Waals surface area contributed by atoms with Crippen LogP contribution in [0.15, 0.2) is 72.1 Å². The number of unbranched alkanes of at least 4 members (excludes halogenated alkanes) is 1. The van der Waals surface area contributed by atoms with Crippen LogP contribution in [0.5, 0.6) is 17.2 Å². The van der Waals surface area contributed by atoms with Crippen molar-refractivity contribution in [1.29, 1.82) is 0 Å². The zero-order chi connectivity index (χ0) is 23.5. The van der Waals surface area contributed by atoms with E-state index in [0.29, 0.717) is 34.8 Å². The number of benzene rings is 2. The summed E-state index contributed by atoms with van der Waals surface area (Å²) in [5, 5.41) is 3.94. The Labute approximate surface area is 192 Å². The predicted octanol–water partition coefficient (Wildman–Crippen LogP) is 4.25. The van der Waals surface area contributed by atoms with Crippen molar-refractivity contribution in [3.05, 3.63) is 83.7 Å². The molecule has 2 aromatic carbocycles. The molecule has 1 N–H and O–H groups in total. The number of hydrogen-bond acceptors (Lipinski definition) is 7. The number of carbonyl (C=O) groups excluding carboxylic acids is 2. The molecule has 33 heavy (non-hydrogen) atoms. The molecule has 0 aliphatic rings. The van der Waals surface area contributed by atoms with E-state index in [-0.39, 0.29) is 11.7 Å². The number of carbonyl (C=O) groups is 2. The summed E-state index contributed by atoms with van der Waals surface area (Å²) in [5.41, 5.74) is 3.86. The molecule has 170 valence electrons. The van der Waals surface area contributed by atoms with Gasteiger partial charge in [0.2, 0.25) is 0 Å². The molecule has 0 radical (unpaired) electrons. The Morgan fingerprint density at radius 2 is 1.88 bits per heavy atom. The van der Waals surface area contributed by atoms with Gasteiger partial charge in [0.25, 0.3) is 5.91 Å². The summed E-state index contributed by atoms with van der Waals surface area (Å²) in [6, 6.07) is 15.0. The molecule has 0 atom stereocenters. The maximum atomic E-state index is 12.5. The maximum absolute atomic E-state index is 12.5. The quantitative estimate of drug-likeness (QED) is 0.164. The number of rotatable bonds is 10. The number of esters is 1. The van der Waals surface area contributed by atoms with Gasteiger partial charge in [-0.2, -0.15) is 5.10 Å². The lowest BCUT2D eigenvalue weighted by atomic mass is 10.2. The Balaban J connectivity index is 1.61. The molecule has 0 saturated carbocycles. The third kappa shape index (κ3) is 6.90. The van der Waals surface area contributed by atoms with Gasteiger partial charge in [-0.1, -0.05) is 13.3 Å². The predicted molar refractivity (Wildman–Crippen MR) is 124 cm³/mol. The van der Waals surface area contributed by atoms with Gasteiger partial charge in [0.1, 0.15) is 5.75 Å². The van der Waals surface area contributed by atoms with Crippen molar-refractivity contribution >= 4 is 18.1 Å². The fraction of sp³-hybridized carbons (Fsp3) is 0.200. The van der Waals surface area contributed by atoms with Crippen LogP contribution in [-0.2, 0) is 0 Å². The highest BCUT2D eigenvalue weighted by Gasteiger charge is 2.13. The second kappa shape index (κ2) is 12.0. The third-order valence-electron chi connectivity index (χ3n) is 4.55. The van der Waals surface area contributed by atoms with E-state index < -0.39 is 5.97 Å². The van der Waals surface area contributed by atoms with E-state index in [4.69, 9.17) is 14.2 Å². The number of nitrogens with one attached hydrogen (secondary N) is 1. The Morgan fingerprint density at radius 1 is 1.06 bits per heavy atom. The lowest BCUT2D eigenvalue weighted by molar-refractivity contribution is 0.0729. The van der Waals surface area contributed by atoms with E-state index in [1.54, 1.807) is 60.8 Å². The second-order valence-corrected chi connectivity index (χ2v) is 6.97. The summed E-state index contributed by atoms with van der Waals surface area (Å²) in [6.07, 6.45) is 6.51. The first-order valence-electron chi connectivity index (χ1n) is 10.5. The number of hydrazone groups is 1. The van der Waals surface area contributed by atoms with Crippen LogP contribution in [0, 0.1) is 0 Å². The summed E-state index contributed by atoms with van der Waals surface area (Å²) in [6.45, 7) is 2.73. The summed E-state index contributed by atoms with van der Waals surface area (Å²) in [5.74, 6) is 0.432. The van der Waals surface area contributed by atoms with Gasteiger partial charge < -0.3 is 14.2 Å². The van der Waals surface area contributed by atoms with Gasteiger partial charge in [-0.3, -0.25) is 9.78 Å². The fourth-order valence-corrected chi connectivity index (χ4v) is 2.76. The largest absolute Gasteiger partial charge is 0.494 e. The summed E-state index contributed by atoms with van der Waals surface area (Å²) >= 11 is 0. The molecule has 0 spiro atoms. The zero-order valence-corrected chi connectivity index (χ0v) is 18.5. The summed E-state index contributed by atoms with van der Waals surface area (Å²) in [7, 11) is 1.47. The van der Waals surface area contributed by atoms with Crippen LogP contribution >= 0.6 is 0 Å². The van der Waals surface area contributed by atoms with Crippen molar-refractivity contribution < 1.29 is 23.8 Å². The van der Waals surface area contributed by atoms with E-state index in [9.17, 15) is 9.59 Å². The molecule has 0 fully saturated rings. The minimum absolute atomic E-state index is 0.266. The molecule has 3 aromatic rings. The molecule has 0 bridgehead atoms. The van der Waals surface area contributed by atoms with Gasteiger partial charge in [-0.05, 0) is 66.6 Å². The van der Waals surface area contributed by atoms with Gasteiger partial charge in [0.05, 0.1) is 31.1 Å². The molecule has 8 nitrogen and oxygen atoms in total. The molecule has 3 rings (SSSR count). The monoisotopic (exact) mass is 447 g/mol. The van der Waals surface area contributed by atoms with Crippen LogP contribution in [0.25, 0.3) is 0 Å². The maximum Gasteiger partial charge on any atom is 0.343 e. The summed E-state index contributed by atoms with van der Waals surface area (Å²) < 4.78 is 16.4. The molecule has 8 heteroatoms. The highest BCUT2D eigenvalue weighted by atomic mass is 16.6. The number of pyridine rings is 1. The lowest BCUT2D eigenvalue weighted by Crippen LogP contribution is -2.17. The molecular formula is C25H25N3O5. The Morgan fingerprint density at radius 3 is 2.58 bits per heavy atom. The van der Waals surface area contributed by atoms with Crippen LogP contribution in [-0.4, -0.2) is 36.8 Å². The Kier molecular flexibility index (Phi) is 8.53. The number of nitrogens with zero attached hydrogens (tertiary/aromatic N) is 2. The fourth-order valence-electron chi connectivity index (χ4n) is 2.76. The third-order valence-corrected chi connectivity index (χ3v) is 4.55. The number of amides is 1. The first-order valence-corrected chi connectivity index (χ1v) is 10.5. The van der Waals surface area contributed by atoms with Crippen molar-refractivity contribution in [2.45, 2.75) is 19.8 Å². The summed E-state index contributed by atoms with van der Waals surface area (Å²) in [4.78, 5) is 28.4. The Hall–Kier alpha value is -4.20. The minimum Gasteiger partial charge on any atom is -0.494 e. The highest BCUT2D eigenvalue weighted by molar-refractivity contribution is 5.94. The molecule has 0 aliphatic carbocycles. The van der Waals surface area contributed by atoms with Gasteiger partial charge in [-0.15, -0.1) is 0 Å². The van der Waals surface area contributed by atoms with E-state index in [2.05, 4.69) is 22.4 Å². The molecule has 1 amide bonds. The lowest BCUT2D eigenvalue weighted by Gasteiger charge is -2.10. The first kappa shape index (κ1) is 23.5. The average molecular weight is 447 g/mol. The Bertz CT molecular complexity index is 1100. The van der Waals surface area contributed by atoms with Gasteiger partial charge in [0, 0.05) is 12.4 Å². The SMILES string of the molecule is CCCCOc1ccc(C(=O)Oc2ccc(/C=N\NC(=O)c3cccnc3)cc2OC)cc1. The molecule has 1 aromatic heterocycles. The van der Waals surface area contributed by atoms with Gasteiger partial charge >= 0.3 is 5.97 Å². The molecular weight excluding hydrogens is 422 g/mol. The molecule has 0 unspecified atom stereocenters. The van der Waals surface area contributed by atoms with Crippen molar-refractivity contribution in [3.63, 3.8) is 0 Å². The number of methoxy groups -OCH3 is 1. The van der Waals surface area contributed by atoms with Crippen LogP contribution in [0.3, 0.4) is 0 Å². The van der Waals surface area contributed by atoms with E-state index >= 15 is 0 Å². The van der Waals surface area contributed by atoms with Crippen LogP contribution < -0.4 is 19.6 Å². The van der Waals surface area contributed by atoms with E-state index in [1.807, 2.05) is 0 Å². The van der Waals surface area contributed by atoms with Gasteiger partial charge in [0.15, 0.2) is 11.5 Å². The van der Waals surface area contributed by atoms with E-state index in [0.717, 1.165) is 12.8 Å². The van der Waals surface area contributed by atoms with E-state index in [1.165, 1.54) is 19.5 Å². The zero-order valence-electron chi connectivity index (χ0n) is 18.5. The minimum atomic E-state index is -0.515. The molecule has 1 heterocycles. The van der Waals surface area contributed by atoms with Crippen molar-refractivity contribution in [2.75, 3.05) is 13.7 Å². The van der Waals surface area contributed by atoms with Crippen molar-refractivity contribution in [3.8, 4) is 17.2 Å². The molecule has 0 aliphatic heterocycles. The van der Waals surface area contributed by atoms with Crippen molar-refractivity contribution in [1.82, 2.24) is 10.4 Å². The standard InChI is InChI=1S/C25H25N3O5/c1-3-4-14-32-21-10-8-19(9-11-21)25(30)33-22-12-7-18(15-23(22)31-2)16-27-28-24(29)20-6-5-13-26-17-20/h5-13,15-17H,3-4,14H2,1-2H3,(H,28,29)/b27-16-. The molecule has 0 saturated heterocycles. The first-order chi connectivity index (χ1) is 16.1. The number of hydrogen-bond donors (Lipinski definition) is 1. The highest BCUT2D eigenvalue weighted by Crippen LogP contribution is 2.28. The smallest absolute Gasteiger partial charge is 0.343 e.